The van der Waals surface area contributed by atoms with Crippen LogP contribution in [-0.4, -0.2) is 34.0 Å². The van der Waals surface area contributed by atoms with Gasteiger partial charge in [-0.25, -0.2) is 9.48 Å². The van der Waals surface area contributed by atoms with E-state index in [1.807, 2.05) is 44.2 Å². The van der Waals surface area contributed by atoms with Gasteiger partial charge < -0.3 is 10.1 Å². The summed E-state index contributed by atoms with van der Waals surface area (Å²) >= 11 is 0. The average molecular weight is 498 g/mol. The van der Waals surface area contributed by atoms with Crippen LogP contribution in [0.15, 0.2) is 83.7 Å². The van der Waals surface area contributed by atoms with Gasteiger partial charge in [-0.2, -0.15) is 5.10 Å². The molecule has 0 saturated heterocycles. The van der Waals surface area contributed by atoms with Crippen LogP contribution in [0.5, 0.6) is 0 Å². The number of Topliss-reactive ketones (excluding diaryl/α,β-unsaturated/α-hetero) is 1. The maximum Gasteiger partial charge on any atom is 0.359 e. The molecule has 188 valence electrons. The summed E-state index contributed by atoms with van der Waals surface area (Å²) in [6, 6.07) is 22.4. The third-order valence-corrected chi connectivity index (χ3v) is 5.65. The maximum absolute atomic E-state index is 13.0. The first-order valence-corrected chi connectivity index (χ1v) is 12.0. The number of ketones is 1. The van der Waals surface area contributed by atoms with Crippen LogP contribution >= 0.6 is 0 Å². The van der Waals surface area contributed by atoms with Crippen molar-refractivity contribution in [2.75, 3.05) is 11.9 Å². The number of nitrogens with zero attached hydrogens (tertiary/aromatic N) is 2. The van der Waals surface area contributed by atoms with Crippen molar-refractivity contribution in [3.05, 3.63) is 106 Å². The predicted octanol–water partition coefficient (Wildman–Crippen LogP) is 4.47. The first-order valence-electron chi connectivity index (χ1n) is 12.0. The molecule has 0 aliphatic carbocycles. The molecule has 1 N–H and O–H groups in total. The van der Waals surface area contributed by atoms with Gasteiger partial charge in [0.05, 0.1) is 11.9 Å². The number of hydrogen-bond acceptors (Lipinski definition) is 6. The van der Waals surface area contributed by atoms with Gasteiger partial charge in [-0.1, -0.05) is 62.4 Å². The van der Waals surface area contributed by atoms with E-state index in [4.69, 9.17) is 4.74 Å². The van der Waals surface area contributed by atoms with Crippen LogP contribution in [-0.2, 0) is 16.1 Å². The Hall–Kier alpha value is -4.59. The third kappa shape index (κ3) is 6.35. The first-order chi connectivity index (χ1) is 17.8. The van der Waals surface area contributed by atoms with Crippen molar-refractivity contribution < 1.29 is 19.1 Å². The number of esters is 1. The Morgan fingerprint density at radius 3 is 2.22 bits per heavy atom. The molecule has 37 heavy (non-hydrogen) atoms. The van der Waals surface area contributed by atoms with Gasteiger partial charge in [0, 0.05) is 23.1 Å². The number of hydrogen-bond donors (Lipinski definition) is 1. The molecule has 8 heteroatoms. The summed E-state index contributed by atoms with van der Waals surface area (Å²) in [5, 5.41) is 7.76. The minimum absolute atomic E-state index is 0.0397. The summed E-state index contributed by atoms with van der Waals surface area (Å²) < 4.78 is 6.52. The molecule has 0 aliphatic heterocycles. The molecule has 4 rings (SSSR count). The molecule has 0 fully saturated rings. The molecule has 0 spiro atoms. The number of fused-ring (bicyclic) bond motifs is 1. The number of aromatic nitrogens is 2. The Morgan fingerprint density at radius 1 is 0.892 bits per heavy atom. The van der Waals surface area contributed by atoms with Gasteiger partial charge >= 0.3 is 5.97 Å². The maximum atomic E-state index is 13.0. The Bertz CT molecular complexity index is 1490. The highest BCUT2D eigenvalue weighted by atomic mass is 16.5. The highest BCUT2D eigenvalue weighted by Gasteiger charge is 2.20. The van der Waals surface area contributed by atoms with Crippen LogP contribution in [0.3, 0.4) is 0 Å². The summed E-state index contributed by atoms with van der Waals surface area (Å²) in [5.74, 6) is -1.07. The Balaban J connectivity index is 1.48. The molecule has 1 heterocycles. The molecule has 0 aliphatic rings. The van der Waals surface area contributed by atoms with Gasteiger partial charge in [-0.3, -0.25) is 14.4 Å². The number of benzene rings is 3. The van der Waals surface area contributed by atoms with Gasteiger partial charge in [0.15, 0.2) is 18.1 Å². The van der Waals surface area contributed by atoms with E-state index in [1.165, 1.54) is 4.68 Å². The number of anilines is 1. The van der Waals surface area contributed by atoms with E-state index in [9.17, 15) is 19.2 Å². The summed E-state index contributed by atoms with van der Waals surface area (Å²) in [5.41, 5.74) is 1.40. The highest BCUT2D eigenvalue weighted by molar-refractivity contribution is 6.04. The fraction of sp³-hybridized carbons (Fsp3) is 0.207. The van der Waals surface area contributed by atoms with Crippen LogP contribution in [0.4, 0.5) is 5.69 Å². The largest absolute Gasteiger partial charge is 0.452 e. The molecule has 8 nitrogen and oxygen atoms in total. The van der Waals surface area contributed by atoms with Crippen molar-refractivity contribution >= 4 is 34.1 Å². The smallest absolute Gasteiger partial charge is 0.359 e. The standard InChI is InChI=1S/C29H27N3O5/c1-19(2)16-26(34)30-22-14-12-21(13-15-22)25(33)18-37-29(36)27-23-10-6-7-11-24(23)28(35)32(31-27)17-20-8-4-3-5-9-20/h3-15,19H,16-18H2,1-2H3,(H,30,34). The highest BCUT2D eigenvalue weighted by Crippen LogP contribution is 2.16. The zero-order chi connectivity index (χ0) is 26.4. The number of amides is 1. The van der Waals surface area contributed by atoms with Gasteiger partial charge in [0.2, 0.25) is 5.91 Å². The topological polar surface area (TPSA) is 107 Å². The first kappa shape index (κ1) is 25.5. The molecule has 0 radical (unpaired) electrons. The van der Waals surface area contributed by atoms with Crippen LogP contribution < -0.4 is 10.9 Å². The zero-order valence-electron chi connectivity index (χ0n) is 20.6. The van der Waals surface area contributed by atoms with E-state index < -0.39 is 18.4 Å². The van der Waals surface area contributed by atoms with Gasteiger partial charge in [-0.05, 0) is 41.8 Å². The van der Waals surface area contributed by atoms with E-state index in [2.05, 4.69) is 10.4 Å². The Kier molecular flexibility index (Phi) is 7.88. The van der Waals surface area contributed by atoms with E-state index in [-0.39, 0.29) is 29.6 Å². The van der Waals surface area contributed by atoms with Crippen molar-refractivity contribution in [1.82, 2.24) is 9.78 Å². The van der Waals surface area contributed by atoms with Crippen molar-refractivity contribution in [1.29, 1.82) is 0 Å². The van der Waals surface area contributed by atoms with E-state index in [0.29, 0.717) is 28.4 Å². The Labute approximate surface area is 213 Å². The fourth-order valence-corrected chi connectivity index (χ4v) is 3.85. The molecule has 0 saturated carbocycles. The van der Waals surface area contributed by atoms with Gasteiger partial charge in [0.25, 0.3) is 5.56 Å². The van der Waals surface area contributed by atoms with E-state index in [0.717, 1.165) is 5.56 Å². The normalized spacial score (nSPS) is 10.9. The SMILES string of the molecule is CC(C)CC(=O)Nc1ccc(C(=O)COC(=O)c2nn(Cc3ccccc3)c(=O)c3ccccc23)cc1. The number of nitrogens with one attached hydrogen (secondary N) is 1. The van der Waals surface area contributed by atoms with Crippen molar-refractivity contribution in [2.45, 2.75) is 26.8 Å². The van der Waals surface area contributed by atoms with Crippen LogP contribution in [0.2, 0.25) is 0 Å². The second-order valence-electron chi connectivity index (χ2n) is 9.07. The predicted molar refractivity (Wildman–Crippen MR) is 141 cm³/mol. The number of carbonyl (C=O) groups is 3. The van der Waals surface area contributed by atoms with Crippen LogP contribution in [0.25, 0.3) is 10.8 Å². The van der Waals surface area contributed by atoms with Crippen molar-refractivity contribution in [2.24, 2.45) is 5.92 Å². The Morgan fingerprint density at radius 2 is 1.54 bits per heavy atom. The van der Waals surface area contributed by atoms with Crippen molar-refractivity contribution in [3.8, 4) is 0 Å². The third-order valence-electron chi connectivity index (χ3n) is 5.65. The lowest BCUT2D eigenvalue weighted by molar-refractivity contribution is -0.116. The average Bonchev–Trinajstić information content (AvgIpc) is 2.89. The van der Waals surface area contributed by atoms with Gasteiger partial charge in [-0.15, -0.1) is 0 Å². The lowest BCUT2D eigenvalue weighted by Crippen LogP contribution is -2.27. The second-order valence-corrected chi connectivity index (χ2v) is 9.07. The molecular weight excluding hydrogens is 470 g/mol. The molecule has 0 bridgehead atoms. The molecule has 3 aromatic carbocycles. The minimum atomic E-state index is -0.802. The molecule has 1 aromatic heterocycles. The lowest BCUT2D eigenvalue weighted by atomic mass is 10.1. The zero-order valence-corrected chi connectivity index (χ0v) is 20.6. The van der Waals surface area contributed by atoms with Crippen molar-refractivity contribution in [3.63, 3.8) is 0 Å². The number of rotatable bonds is 9. The minimum Gasteiger partial charge on any atom is -0.452 e. The fourth-order valence-electron chi connectivity index (χ4n) is 3.85. The second kappa shape index (κ2) is 11.4. The monoisotopic (exact) mass is 497 g/mol. The molecule has 1 amide bonds. The van der Waals surface area contributed by atoms with Gasteiger partial charge in [0.1, 0.15) is 0 Å². The lowest BCUT2D eigenvalue weighted by Gasteiger charge is -2.11. The summed E-state index contributed by atoms with van der Waals surface area (Å²) in [6.45, 7) is 3.60. The van der Waals surface area contributed by atoms with E-state index >= 15 is 0 Å². The molecular formula is C29H27N3O5. The number of carbonyl (C=O) groups excluding carboxylic acids is 3. The van der Waals surface area contributed by atoms with Crippen LogP contribution in [0, 0.1) is 5.92 Å². The quantitative estimate of drug-likeness (QED) is 0.270. The summed E-state index contributed by atoms with van der Waals surface area (Å²) in [6.07, 6.45) is 0.401. The van der Waals surface area contributed by atoms with Crippen LogP contribution in [0.1, 0.15) is 46.7 Å². The molecule has 4 aromatic rings. The number of ether oxygens (including phenoxy) is 1. The summed E-state index contributed by atoms with van der Waals surface area (Å²) in [4.78, 5) is 50.5. The summed E-state index contributed by atoms with van der Waals surface area (Å²) in [7, 11) is 0. The molecule has 0 unspecified atom stereocenters. The molecule has 0 atom stereocenters. The van der Waals surface area contributed by atoms with E-state index in [1.54, 1.807) is 48.5 Å².